The highest BCUT2D eigenvalue weighted by Gasteiger charge is 2.54. The van der Waals surface area contributed by atoms with Crippen LogP contribution in [-0.4, -0.2) is 36.5 Å². The second-order valence-corrected chi connectivity index (χ2v) is 7.00. The summed E-state index contributed by atoms with van der Waals surface area (Å²) in [5, 5.41) is 4.14. The Hall–Kier alpha value is -0.770. The van der Waals surface area contributed by atoms with Crippen molar-refractivity contribution in [1.82, 2.24) is 10.2 Å². The zero-order valence-corrected chi connectivity index (χ0v) is 14.7. The number of hydrogen-bond acceptors (Lipinski definition) is 2. The first kappa shape index (κ1) is 17.6. The molecule has 1 N–H and O–H groups in total. The van der Waals surface area contributed by atoms with E-state index < -0.39 is 0 Å². The van der Waals surface area contributed by atoms with E-state index >= 15 is 0 Å². The first-order chi connectivity index (χ1) is 10.0. The van der Waals surface area contributed by atoms with Gasteiger partial charge >= 0.3 is 0 Å². The van der Waals surface area contributed by atoms with Crippen LogP contribution in [0.5, 0.6) is 0 Å². The number of benzene rings is 1. The molecule has 5 heteroatoms. The standard InChI is InChI=1S/C17H23ClN2O.ClH/c1-12(2)20-11-15(13-4-3-5-14(18)10-13)17(16(20)21)6-8-19-9-7-17;/h3-5,10,12,15,19H,6-9,11H2,1-2H3;1H. The van der Waals surface area contributed by atoms with Gasteiger partial charge in [-0.2, -0.15) is 0 Å². The van der Waals surface area contributed by atoms with Crippen LogP contribution in [0.4, 0.5) is 0 Å². The number of carbonyl (C=O) groups is 1. The van der Waals surface area contributed by atoms with Crippen LogP contribution in [-0.2, 0) is 4.79 Å². The highest BCUT2D eigenvalue weighted by molar-refractivity contribution is 6.30. The lowest BCUT2D eigenvalue weighted by atomic mass is 9.68. The minimum absolute atomic E-state index is 0. The van der Waals surface area contributed by atoms with Gasteiger partial charge in [-0.05, 0) is 57.5 Å². The summed E-state index contributed by atoms with van der Waals surface area (Å²) < 4.78 is 0. The van der Waals surface area contributed by atoms with E-state index in [-0.39, 0.29) is 29.8 Å². The molecule has 1 aromatic rings. The lowest BCUT2D eigenvalue weighted by Gasteiger charge is -2.37. The summed E-state index contributed by atoms with van der Waals surface area (Å²) in [6, 6.07) is 8.31. The number of carbonyl (C=O) groups excluding carboxylic acids is 1. The van der Waals surface area contributed by atoms with Gasteiger partial charge in [0.25, 0.3) is 0 Å². The van der Waals surface area contributed by atoms with Crippen molar-refractivity contribution < 1.29 is 4.79 Å². The molecule has 2 heterocycles. The summed E-state index contributed by atoms with van der Waals surface area (Å²) in [6.45, 7) is 6.88. The molecule has 0 saturated carbocycles. The van der Waals surface area contributed by atoms with Gasteiger partial charge in [-0.25, -0.2) is 0 Å². The number of rotatable bonds is 2. The Kier molecular flexibility index (Phi) is 5.41. The van der Waals surface area contributed by atoms with E-state index in [1.54, 1.807) is 0 Å². The number of nitrogens with zero attached hydrogens (tertiary/aromatic N) is 1. The lowest BCUT2D eigenvalue weighted by molar-refractivity contribution is -0.139. The van der Waals surface area contributed by atoms with Gasteiger partial charge < -0.3 is 10.2 Å². The average Bonchev–Trinajstić information content (AvgIpc) is 2.74. The zero-order valence-electron chi connectivity index (χ0n) is 13.1. The Balaban J connectivity index is 0.00000176. The molecule has 0 aromatic heterocycles. The number of nitrogens with one attached hydrogen (secondary N) is 1. The van der Waals surface area contributed by atoms with Crippen molar-refractivity contribution in [2.24, 2.45) is 5.41 Å². The number of piperidine rings is 1. The summed E-state index contributed by atoms with van der Waals surface area (Å²) >= 11 is 6.18. The molecule has 22 heavy (non-hydrogen) atoms. The van der Waals surface area contributed by atoms with Crippen molar-refractivity contribution in [3.05, 3.63) is 34.9 Å². The van der Waals surface area contributed by atoms with Crippen LogP contribution in [0.25, 0.3) is 0 Å². The summed E-state index contributed by atoms with van der Waals surface area (Å²) in [7, 11) is 0. The van der Waals surface area contributed by atoms with Gasteiger partial charge in [-0.15, -0.1) is 12.4 Å². The van der Waals surface area contributed by atoms with Crippen molar-refractivity contribution in [1.29, 1.82) is 0 Å². The van der Waals surface area contributed by atoms with E-state index in [9.17, 15) is 4.79 Å². The van der Waals surface area contributed by atoms with E-state index in [4.69, 9.17) is 11.6 Å². The average molecular weight is 343 g/mol. The van der Waals surface area contributed by atoms with Crippen LogP contribution in [0.1, 0.15) is 38.2 Å². The lowest BCUT2D eigenvalue weighted by Crippen LogP contribution is -2.45. The third-order valence-corrected chi connectivity index (χ3v) is 5.34. The predicted molar refractivity (Wildman–Crippen MR) is 92.8 cm³/mol. The van der Waals surface area contributed by atoms with Crippen molar-refractivity contribution in [2.45, 2.75) is 38.6 Å². The second kappa shape index (κ2) is 6.77. The Labute approximate surface area is 143 Å². The smallest absolute Gasteiger partial charge is 0.229 e. The fourth-order valence-corrected chi connectivity index (χ4v) is 4.12. The third-order valence-electron chi connectivity index (χ3n) is 5.10. The van der Waals surface area contributed by atoms with E-state index in [1.807, 2.05) is 18.2 Å². The molecule has 0 bridgehead atoms. The van der Waals surface area contributed by atoms with Crippen molar-refractivity contribution in [3.63, 3.8) is 0 Å². The minimum atomic E-state index is -0.236. The van der Waals surface area contributed by atoms with Crippen LogP contribution in [0.15, 0.2) is 24.3 Å². The second-order valence-electron chi connectivity index (χ2n) is 6.56. The normalized spacial score (nSPS) is 23.9. The van der Waals surface area contributed by atoms with Crippen molar-refractivity contribution in [3.8, 4) is 0 Å². The van der Waals surface area contributed by atoms with E-state index in [2.05, 4.69) is 30.1 Å². The molecule has 2 saturated heterocycles. The van der Waals surface area contributed by atoms with Crippen molar-refractivity contribution >= 4 is 29.9 Å². The molecule has 3 rings (SSSR count). The minimum Gasteiger partial charge on any atom is -0.339 e. The molecule has 1 spiro atoms. The molecule has 1 atom stereocenters. The molecule has 2 aliphatic rings. The molecule has 1 unspecified atom stereocenters. The molecule has 1 aromatic carbocycles. The van der Waals surface area contributed by atoms with Gasteiger partial charge in [0.05, 0.1) is 5.41 Å². The highest BCUT2D eigenvalue weighted by atomic mass is 35.5. The summed E-state index contributed by atoms with van der Waals surface area (Å²) in [6.07, 6.45) is 1.85. The van der Waals surface area contributed by atoms with Crippen LogP contribution < -0.4 is 5.32 Å². The predicted octanol–water partition coefficient (Wildman–Crippen LogP) is 3.47. The zero-order chi connectivity index (χ0) is 15.0. The quantitative estimate of drug-likeness (QED) is 0.892. The molecule has 122 valence electrons. The van der Waals surface area contributed by atoms with E-state index in [1.165, 1.54) is 5.56 Å². The highest BCUT2D eigenvalue weighted by Crippen LogP contribution is 2.50. The summed E-state index contributed by atoms with van der Waals surface area (Å²) in [5.41, 5.74) is 0.973. The fraction of sp³-hybridized carbons (Fsp3) is 0.588. The fourth-order valence-electron chi connectivity index (χ4n) is 3.92. The molecule has 0 aliphatic carbocycles. The maximum absolute atomic E-state index is 13.1. The first-order valence-corrected chi connectivity index (χ1v) is 8.19. The molecular weight excluding hydrogens is 319 g/mol. The number of amides is 1. The van der Waals surface area contributed by atoms with Gasteiger partial charge in [0.1, 0.15) is 0 Å². The molecule has 0 radical (unpaired) electrons. The van der Waals surface area contributed by atoms with Gasteiger partial charge in [-0.1, -0.05) is 23.7 Å². The van der Waals surface area contributed by atoms with Crippen molar-refractivity contribution in [2.75, 3.05) is 19.6 Å². The molecule has 2 fully saturated rings. The maximum Gasteiger partial charge on any atom is 0.229 e. The summed E-state index contributed by atoms with van der Waals surface area (Å²) in [5.74, 6) is 0.595. The topological polar surface area (TPSA) is 32.3 Å². The summed E-state index contributed by atoms with van der Waals surface area (Å²) in [4.78, 5) is 15.1. The molecule has 3 nitrogen and oxygen atoms in total. The first-order valence-electron chi connectivity index (χ1n) is 7.82. The SMILES string of the molecule is CC(C)N1CC(c2cccc(Cl)c2)C2(CCNCC2)C1=O.Cl. The van der Waals surface area contributed by atoms with E-state index in [0.717, 1.165) is 37.5 Å². The largest absolute Gasteiger partial charge is 0.339 e. The molecule has 1 amide bonds. The van der Waals surface area contributed by atoms with Crippen LogP contribution >= 0.6 is 24.0 Å². The van der Waals surface area contributed by atoms with Gasteiger partial charge in [0.2, 0.25) is 5.91 Å². The van der Waals surface area contributed by atoms with Gasteiger partial charge in [0.15, 0.2) is 0 Å². The van der Waals surface area contributed by atoms with Gasteiger partial charge in [0, 0.05) is 23.5 Å². The Morgan fingerprint density at radius 3 is 2.59 bits per heavy atom. The van der Waals surface area contributed by atoms with Crippen LogP contribution in [0, 0.1) is 5.41 Å². The number of hydrogen-bond donors (Lipinski definition) is 1. The van der Waals surface area contributed by atoms with Gasteiger partial charge in [-0.3, -0.25) is 4.79 Å². The Bertz CT molecular complexity index is 541. The monoisotopic (exact) mass is 342 g/mol. The Morgan fingerprint density at radius 2 is 2.00 bits per heavy atom. The van der Waals surface area contributed by atoms with Crippen LogP contribution in [0.2, 0.25) is 5.02 Å². The van der Waals surface area contributed by atoms with Crippen LogP contribution in [0.3, 0.4) is 0 Å². The number of likely N-dealkylation sites (tertiary alicyclic amines) is 1. The Morgan fingerprint density at radius 1 is 1.32 bits per heavy atom. The third kappa shape index (κ3) is 2.86. The van der Waals surface area contributed by atoms with E-state index in [0.29, 0.717) is 5.91 Å². The number of halogens is 2. The maximum atomic E-state index is 13.1. The molecular formula is C17H24Cl2N2O. The molecule has 2 aliphatic heterocycles.